The maximum Gasteiger partial charge on any atom is 0.303 e. The SMILES string of the molecule is CC(=O)O[C@@H](C)C(=O)NCc1ccc([C@H]2O[C@@H](CN3CCCCCCC3)[C@@H](C)[C@@H](c3ccc(CO)cc3)O2)cc1. The summed E-state index contributed by atoms with van der Waals surface area (Å²) in [5, 5.41) is 12.3. The molecular weight excluding hydrogens is 508 g/mol. The summed E-state index contributed by atoms with van der Waals surface area (Å²) in [6.07, 6.45) is 4.86. The molecule has 5 atom stereocenters. The van der Waals surface area contributed by atoms with Crippen LogP contribution in [0.5, 0.6) is 0 Å². The third-order valence-corrected chi connectivity index (χ3v) is 7.94. The molecule has 0 spiro atoms. The van der Waals surface area contributed by atoms with Crippen LogP contribution in [0.4, 0.5) is 0 Å². The Labute approximate surface area is 238 Å². The fourth-order valence-corrected chi connectivity index (χ4v) is 5.51. The van der Waals surface area contributed by atoms with E-state index in [1.807, 2.05) is 48.5 Å². The van der Waals surface area contributed by atoms with E-state index in [2.05, 4.69) is 17.1 Å². The predicted octanol–water partition coefficient (Wildman–Crippen LogP) is 4.80. The molecule has 0 radical (unpaired) electrons. The maximum atomic E-state index is 12.2. The number of likely N-dealkylation sites (tertiary alicyclic amines) is 1. The molecule has 8 nitrogen and oxygen atoms in total. The molecule has 218 valence electrons. The smallest absolute Gasteiger partial charge is 0.303 e. The Morgan fingerprint density at radius 3 is 2.17 bits per heavy atom. The third kappa shape index (κ3) is 8.36. The molecule has 0 aliphatic carbocycles. The fourth-order valence-electron chi connectivity index (χ4n) is 5.51. The number of benzene rings is 2. The normalized spacial score (nSPS) is 24.9. The Morgan fingerprint density at radius 2 is 1.55 bits per heavy atom. The van der Waals surface area contributed by atoms with Gasteiger partial charge in [0, 0.05) is 31.5 Å². The first-order valence-electron chi connectivity index (χ1n) is 14.6. The number of nitrogens with zero attached hydrogens (tertiary/aromatic N) is 1. The maximum absolute atomic E-state index is 12.2. The van der Waals surface area contributed by atoms with Gasteiger partial charge in [0.15, 0.2) is 12.4 Å². The van der Waals surface area contributed by atoms with Gasteiger partial charge in [-0.25, -0.2) is 0 Å². The van der Waals surface area contributed by atoms with Crippen LogP contribution < -0.4 is 5.32 Å². The first kappa shape index (κ1) is 30.2. The predicted molar refractivity (Wildman–Crippen MR) is 152 cm³/mol. The summed E-state index contributed by atoms with van der Waals surface area (Å²) in [5.41, 5.74) is 3.80. The third-order valence-electron chi connectivity index (χ3n) is 7.94. The number of amides is 1. The van der Waals surface area contributed by atoms with E-state index in [1.54, 1.807) is 6.92 Å². The molecule has 0 saturated carbocycles. The van der Waals surface area contributed by atoms with Crippen LogP contribution in [0.2, 0.25) is 0 Å². The highest BCUT2D eigenvalue weighted by molar-refractivity contribution is 5.82. The lowest BCUT2D eigenvalue weighted by Gasteiger charge is -2.43. The molecule has 0 unspecified atom stereocenters. The van der Waals surface area contributed by atoms with Crippen molar-refractivity contribution in [3.05, 3.63) is 70.8 Å². The molecule has 8 heteroatoms. The van der Waals surface area contributed by atoms with E-state index in [0.717, 1.165) is 41.9 Å². The number of rotatable bonds is 9. The summed E-state index contributed by atoms with van der Waals surface area (Å²) < 4.78 is 18.2. The van der Waals surface area contributed by atoms with Crippen molar-refractivity contribution in [1.29, 1.82) is 0 Å². The number of ether oxygens (including phenoxy) is 3. The van der Waals surface area contributed by atoms with Gasteiger partial charge in [0.25, 0.3) is 5.91 Å². The van der Waals surface area contributed by atoms with Crippen molar-refractivity contribution in [2.45, 2.75) is 90.6 Å². The zero-order valence-corrected chi connectivity index (χ0v) is 24.0. The first-order valence-corrected chi connectivity index (χ1v) is 14.6. The zero-order valence-electron chi connectivity index (χ0n) is 24.0. The van der Waals surface area contributed by atoms with Crippen LogP contribution in [0.25, 0.3) is 0 Å². The second-order valence-corrected chi connectivity index (χ2v) is 11.1. The largest absolute Gasteiger partial charge is 0.453 e. The summed E-state index contributed by atoms with van der Waals surface area (Å²) in [5.74, 6) is -0.675. The standard InChI is InChI=1S/C32H44N2O6/c1-22-29(20-34-17-7-5-4-6-8-18-34)39-32(40-30(22)27-13-11-26(21-35)12-14-27)28-15-9-25(10-16-28)19-33-31(37)23(2)38-24(3)36/h9-16,22-23,29-30,32,35H,4-8,17-21H2,1-3H3,(H,33,37)/t22-,23+,29+,30+,32+/m1/s1. The molecular formula is C32H44N2O6. The molecule has 0 aromatic heterocycles. The molecule has 2 saturated heterocycles. The minimum atomic E-state index is -0.836. The number of carbonyl (C=O) groups excluding carboxylic acids is 2. The molecule has 0 bridgehead atoms. The monoisotopic (exact) mass is 552 g/mol. The van der Waals surface area contributed by atoms with Gasteiger partial charge in [-0.15, -0.1) is 0 Å². The lowest BCUT2D eigenvalue weighted by Crippen LogP contribution is -2.45. The van der Waals surface area contributed by atoms with Crippen LogP contribution in [-0.2, 0) is 37.0 Å². The molecule has 2 aromatic rings. The Balaban J connectivity index is 1.47. The van der Waals surface area contributed by atoms with E-state index in [4.69, 9.17) is 14.2 Å². The average molecular weight is 553 g/mol. The second kappa shape index (κ2) is 14.7. The number of nitrogens with one attached hydrogen (secondary N) is 1. The Hall–Kier alpha value is -2.78. The highest BCUT2D eigenvalue weighted by Crippen LogP contribution is 2.42. The Bertz CT molecular complexity index is 1080. The first-order chi connectivity index (χ1) is 19.3. The molecule has 2 fully saturated rings. The van der Waals surface area contributed by atoms with Gasteiger partial charge < -0.3 is 29.5 Å². The zero-order chi connectivity index (χ0) is 28.5. The summed E-state index contributed by atoms with van der Waals surface area (Å²) in [6.45, 7) is 8.46. The quantitative estimate of drug-likeness (QED) is 0.431. The van der Waals surface area contributed by atoms with Gasteiger partial charge in [0.2, 0.25) is 0 Å². The van der Waals surface area contributed by atoms with Gasteiger partial charge in [-0.3, -0.25) is 9.59 Å². The van der Waals surface area contributed by atoms with E-state index in [0.29, 0.717) is 6.54 Å². The number of hydrogen-bond donors (Lipinski definition) is 2. The lowest BCUT2D eigenvalue weighted by molar-refractivity contribution is -0.276. The number of esters is 1. The number of aliphatic hydroxyl groups excluding tert-OH is 1. The van der Waals surface area contributed by atoms with Gasteiger partial charge in [0.05, 0.1) is 18.8 Å². The van der Waals surface area contributed by atoms with E-state index in [9.17, 15) is 14.7 Å². The van der Waals surface area contributed by atoms with Crippen LogP contribution >= 0.6 is 0 Å². The van der Waals surface area contributed by atoms with Crippen molar-refractivity contribution in [3.63, 3.8) is 0 Å². The van der Waals surface area contributed by atoms with Gasteiger partial charge in [-0.2, -0.15) is 0 Å². The molecule has 2 heterocycles. The van der Waals surface area contributed by atoms with E-state index in [1.165, 1.54) is 39.0 Å². The Morgan fingerprint density at radius 1 is 0.950 bits per heavy atom. The van der Waals surface area contributed by atoms with E-state index >= 15 is 0 Å². The van der Waals surface area contributed by atoms with Gasteiger partial charge in [-0.1, -0.05) is 74.7 Å². The van der Waals surface area contributed by atoms with Crippen LogP contribution in [0.1, 0.15) is 87.5 Å². The van der Waals surface area contributed by atoms with Crippen molar-refractivity contribution in [2.75, 3.05) is 19.6 Å². The molecule has 2 N–H and O–H groups in total. The number of aliphatic hydroxyl groups is 1. The molecule has 4 rings (SSSR count). The summed E-state index contributed by atoms with van der Waals surface area (Å²) in [7, 11) is 0. The number of carbonyl (C=O) groups is 2. The molecule has 2 aliphatic heterocycles. The average Bonchev–Trinajstić information content (AvgIpc) is 2.94. The minimum Gasteiger partial charge on any atom is -0.453 e. The van der Waals surface area contributed by atoms with Crippen molar-refractivity contribution >= 4 is 11.9 Å². The summed E-state index contributed by atoms with van der Waals surface area (Å²) >= 11 is 0. The summed E-state index contributed by atoms with van der Waals surface area (Å²) in [4.78, 5) is 25.9. The van der Waals surface area contributed by atoms with Crippen molar-refractivity contribution in [2.24, 2.45) is 5.92 Å². The van der Waals surface area contributed by atoms with E-state index < -0.39 is 18.4 Å². The van der Waals surface area contributed by atoms with Crippen molar-refractivity contribution in [1.82, 2.24) is 10.2 Å². The lowest BCUT2D eigenvalue weighted by atomic mass is 9.89. The van der Waals surface area contributed by atoms with E-state index in [-0.39, 0.29) is 30.6 Å². The minimum absolute atomic E-state index is 0.00224. The highest BCUT2D eigenvalue weighted by Gasteiger charge is 2.39. The topological polar surface area (TPSA) is 97.3 Å². The van der Waals surface area contributed by atoms with Gasteiger partial charge >= 0.3 is 5.97 Å². The Kier molecular flexibility index (Phi) is 11.1. The second-order valence-electron chi connectivity index (χ2n) is 11.1. The molecule has 1 amide bonds. The highest BCUT2D eigenvalue weighted by atomic mass is 16.7. The van der Waals surface area contributed by atoms with Crippen molar-refractivity contribution in [3.8, 4) is 0 Å². The van der Waals surface area contributed by atoms with Gasteiger partial charge in [-0.05, 0) is 49.5 Å². The van der Waals surface area contributed by atoms with Crippen LogP contribution in [0.15, 0.2) is 48.5 Å². The molecule has 2 aliphatic rings. The number of hydrogen-bond acceptors (Lipinski definition) is 7. The van der Waals surface area contributed by atoms with Crippen LogP contribution in [-0.4, -0.2) is 53.7 Å². The van der Waals surface area contributed by atoms with Crippen LogP contribution in [0.3, 0.4) is 0 Å². The fraction of sp³-hybridized carbons (Fsp3) is 0.562. The van der Waals surface area contributed by atoms with Crippen LogP contribution in [0, 0.1) is 5.92 Å². The molecule has 40 heavy (non-hydrogen) atoms. The summed E-state index contributed by atoms with van der Waals surface area (Å²) in [6, 6.07) is 15.9. The van der Waals surface area contributed by atoms with Gasteiger partial charge in [0.1, 0.15) is 0 Å². The van der Waals surface area contributed by atoms with Crippen molar-refractivity contribution < 1.29 is 28.9 Å². The molecule has 2 aromatic carbocycles.